The van der Waals surface area contributed by atoms with Gasteiger partial charge in [-0.2, -0.15) is 0 Å². The average Bonchev–Trinajstić information content (AvgIpc) is 3.54. The third-order valence-electron chi connectivity index (χ3n) is 6.68. The Kier molecular flexibility index (Phi) is 7.75. The van der Waals surface area contributed by atoms with Crippen LogP contribution in [0.1, 0.15) is 55.3 Å². The summed E-state index contributed by atoms with van der Waals surface area (Å²) < 4.78 is 5.15. The fraction of sp³-hybridized carbons (Fsp3) is 0.357. The maximum absolute atomic E-state index is 13.6. The Hall–Kier alpha value is -3.74. The number of methoxy groups -OCH3 is 1. The minimum atomic E-state index is -0.335. The molecule has 184 valence electrons. The molecule has 0 fully saturated rings. The Balaban J connectivity index is 1.47. The second-order valence-corrected chi connectivity index (χ2v) is 9.06. The monoisotopic (exact) mass is 475 g/mol. The highest BCUT2D eigenvalue weighted by Crippen LogP contribution is 2.42. The minimum absolute atomic E-state index is 0.0249. The van der Waals surface area contributed by atoms with Gasteiger partial charge in [-0.25, -0.2) is 0 Å². The highest BCUT2D eigenvalue weighted by molar-refractivity contribution is 6.02. The number of aromatic hydroxyl groups is 1. The number of ether oxygens (including phenoxy) is 1. The molecule has 0 radical (unpaired) electrons. The summed E-state index contributed by atoms with van der Waals surface area (Å²) in [6.45, 7) is 2.65. The number of Topliss-reactive ketones (excluding diaryl/α,β-unsaturated/α-hetero) is 2. The number of carbonyl (C=O) groups is 2. The summed E-state index contributed by atoms with van der Waals surface area (Å²) in [5.41, 5.74) is 4.07. The van der Waals surface area contributed by atoms with E-state index in [1.54, 1.807) is 18.2 Å². The Bertz CT molecular complexity index is 1190. The van der Waals surface area contributed by atoms with Gasteiger partial charge in [-0.05, 0) is 71.9 Å². The molecule has 0 saturated heterocycles. The lowest BCUT2D eigenvalue weighted by atomic mass is 9.71. The van der Waals surface area contributed by atoms with E-state index < -0.39 is 0 Å². The number of ketones is 2. The van der Waals surface area contributed by atoms with E-state index in [-0.39, 0.29) is 42.0 Å². The first-order chi connectivity index (χ1) is 17.0. The van der Waals surface area contributed by atoms with Crippen molar-refractivity contribution in [1.82, 2.24) is 9.97 Å². The number of H-pyrrole nitrogens is 2. The van der Waals surface area contributed by atoms with Crippen LogP contribution in [0.15, 0.2) is 54.4 Å². The van der Waals surface area contributed by atoms with Crippen molar-refractivity contribution < 1.29 is 19.4 Å². The van der Waals surface area contributed by atoms with Gasteiger partial charge in [-0.15, -0.1) is 0 Å². The van der Waals surface area contributed by atoms with Crippen LogP contribution in [0.5, 0.6) is 11.5 Å². The summed E-state index contributed by atoms with van der Waals surface area (Å²) in [5, 5.41) is 13.1. The first-order valence-electron chi connectivity index (χ1n) is 12.2. The number of nitrogens with one attached hydrogen (secondary N) is 3. The van der Waals surface area contributed by atoms with Gasteiger partial charge in [0.2, 0.25) is 0 Å². The highest BCUT2D eigenvalue weighted by Gasteiger charge is 2.36. The van der Waals surface area contributed by atoms with E-state index >= 15 is 0 Å². The predicted octanol–water partition coefficient (Wildman–Crippen LogP) is 5.23. The van der Waals surface area contributed by atoms with Crippen LogP contribution < -0.4 is 10.1 Å². The molecule has 4 N–H and O–H groups in total. The standard InChI is InChI=1S/C28H33N3O4/c1-3-5-22-21-11-13-29-23(21)15-19(17-31-27-6-4-12-30-27)28(22)25(34)16-20(32)9-7-18-8-10-24(33)26(14-18)35-2/h4,6,8,10-15,22,28-31,33H,3,5,7,9,16-17H2,1-2H3/t22-,28+/m1/s1. The molecule has 0 spiro atoms. The van der Waals surface area contributed by atoms with Gasteiger partial charge in [-0.3, -0.25) is 9.59 Å². The predicted molar refractivity (Wildman–Crippen MR) is 137 cm³/mol. The molecule has 3 aromatic rings. The summed E-state index contributed by atoms with van der Waals surface area (Å²) in [7, 11) is 1.49. The number of benzene rings is 1. The highest BCUT2D eigenvalue weighted by atomic mass is 16.5. The number of aryl methyl sites for hydroxylation is 1. The van der Waals surface area contributed by atoms with Crippen molar-refractivity contribution in [3.63, 3.8) is 0 Å². The summed E-state index contributed by atoms with van der Waals surface area (Å²) in [5.74, 6) is 0.946. The molecule has 0 unspecified atom stereocenters. The van der Waals surface area contributed by atoms with Crippen molar-refractivity contribution in [3.8, 4) is 11.5 Å². The molecule has 0 saturated carbocycles. The van der Waals surface area contributed by atoms with Gasteiger partial charge in [0.15, 0.2) is 11.5 Å². The van der Waals surface area contributed by atoms with E-state index in [0.29, 0.717) is 18.7 Å². The Morgan fingerprint density at radius 1 is 1.14 bits per heavy atom. The lowest BCUT2D eigenvalue weighted by Gasteiger charge is -2.32. The van der Waals surface area contributed by atoms with Crippen LogP contribution in [0.4, 0.5) is 5.82 Å². The summed E-state index contributed by atoms with van der Waals surface area (Å²) in [6, 6.07) is 11.0. The van der Waals surface area contributed by atoms with Crippen molar-refractivity contribution in [2.75, 3.05) is 19.0 Å². The second kappa shape index (κ2) is 11.1. The lowest BCUT2D eigenvalue weighted by molar-refractivity contribution is -0.129. The van der Waals surface area contributed by atoms with Gasteiger partial charge in [0, 0.05) is 37.0 Å². The van der Waals surface area contributed by atoms with E-state index in [9.17, 15) is 14.7 Å². The Morgan fingerprint density at radius 3 is 2.74 bits per heavy atom. The SMILES string of the molecule is CCC[C@@H]1c2cc[nH]c2C=C(CNc2ccc[nH]2)[C@@H]1C(=O)CC(=O)CCc1ccc(O)c(OC)c1. The molecule has 1 aromatic carbocycles. The molecule has 7 nitrogen and oxygen atoms in total. The van der Waals surface area contributed by atoms with Crippen LogP contribution in [0.25, 0.3) is 6.08 Å². The molecule has 7 heteroatoms. The molecule has 2 heterocycles. The maximum Gasteiger partial charge on any atom is 0.160 e. The lowest BCUT2D eigenvalue weighted by Crippen LogP contribution is -2.31. The molecule has 0 aliphatic heterocycles. The maximum atomic E-state index is 13.6. The van der Waals surface area contributed by atoms with Gasteiger partial charge < -0.3 is 25.1 Å². The number of hydrogen-bond donors (Lipinski definition) is 4. The van der Waals surface area contributed by atoms with E-state index in [2.05, 4.69) is 34.4 Å². The largest absolute Gasteiger partial charge is 0.504 e. The number of aromatic nitrogens is 2. The number of carbonyl (C=O) groups excluding carboxylic acids is 2. The Morgan fingerprint density at radius 2 is 2.00 bits per heavy atom. The van der Waals surface area contributed by atoms with Crippen molar-refractivity contribution in [3.05, 3.63) is 71.2 Å². The van der Waals surface area contributed by atoms with Crippen LogP contribution in [0.3, 0.4) is 0 Å². The molecular weight excluding hydrogens is 442 g/mol. The van der Waals surface area contributed by atoms with Crippen molar-refractivity contribution in [2.24, 2.45) is 5.92 Å². The molecule has 1 aliphatic carbocycles. The second-order valence-electron chi connectivity index (χ2n) is 9.06. The molecule has 1 aliphatic rings. The number of rotatable bonds is 12. The van der Waals surface area contributed by atoms with Crippen LogP contribution in [0.2, 0.25) is 0 Å². The molecule has 2 atom stereocenters. The third-order valence-corrected chi connectivity index (χ3v) is 6.68. The molecule has 0 amide bonds. The summed E-state index contributed by atoms with van der Waals surface area (Å²) >= 11 is 0. The first kappa shape index (κ1) is 24.4. The minimum Gasteiger partial charge on any atom is -0.504 e. The van der Waals surface area contributed by atoms with E-state index in [1.807, 2.05) is 24.5 Å². The molecule has 2 aromatic heterocycles. The van der Waals surface area contributed by atoms with Crippen molar-refractivity contribution in [2.45, 2.75) is 44.9 Å². The number of phenolic OH excluding ortho intramolecular Hbond substituents is 1. The van der Waals surface area contributed by atoms with E-state index in [1.165, 1.54) is 7.11 Å². The van der Waals surface area contributed by atoms with Crippen LogP contribution in [-0.4, -0.2) is 40.3 Å². The number of fused-ring (bicyclic) bond motifs is 1. The van der Waals surface area contributed by atoms with Crippen molar-refractivity contribution in [1.29, 1.82) is 0 Å². The third kappa shape index (κ3) is 5.67. The topological polar surface area (TPSA) is 107 Å². The fourth-order valence-corrected chi connectivity index (χ4v) is 4.97. The quantitative estimate of drug-likeness (QED) is 0.269. The van der Waals surface area contributed by atoms with Gasteiger partial charge in [0.25, 0.3) is 0 Å². The normalized spacial score (nSPS) is 16.9. The van der Waals surface area contributed by atoms with Gasteiger partial charge in [-0.1, -0.05) is 19.4 Å². The van der Waals surface area contributed by atoms with E-state index in [0.717, 1.165) is 41.1 Å². The van der Waals surface area contributed by atoms with Crippen LogP contribution in [-0.2, 0) is 16.0 Å². The zero-order chi connectivity index (χ0) is 24.8. The van der Waals surface area contributed by atoms with Crippen molar-refractivity contribution >= 4 is 23.5 Å². The molecule has 35 heavy (non-hydrogen) atoms. The zero-order valence-electron chi connectivity index (χ0n) is 20.3. The van der Waals surface area contributed by atoms with Gasteiger partial charge >= 0.3 is 0 Å². The summed E-state index contributed by atoms with van der Waals surface area (Å²) in [4.78, 5) is 32.9. The number of anilines is 1. The summed E-state index contributed by atoms with van der Waals surface area (Å²) in [6.07, 6.45) is 8.34. The average molecular weight is 476 g/mol. The van der Waals surface area contributed by atoms with Crippen LogP contribution in [0, 0.1) is 5.92 Å². The number of phenols is 1. The smallest absolute Gasteiger partial charge is 0.160 e. The first-order valence-corrected chi connectivity index (χ1v) is 12.2. The Labute approximate surface area is 205 Å². The zero-order valence-corrected chi connectivity index (χ0v) is 20.3. The number of hydrogen-bond acceptors (Lipinski definition) is 5. The molecule has 0 bridgehead atoms. The van der Waals surface area contributed by atoms with Gasteiger partial charge in [0.05, 0.1) is 13.5 Å². The fourth-order valence-electron chi connectivity index (χ4n) is 4.97. The van der Waals surface area contributed by atoms with E-state index in [4.69, 9.17) is 4.74 Å². The van der Waals surface area contributed by atoms with Crippen LogP contribution >= 0.6 is 0 Å². The number of aromatic amines is 2. The van der Waals surface area contributed by atoms with Gasteiger partial charge in [0.1, 0.15) is 17.4 Å². The molecule has 4 rings (SSSR count). The molecular formula is C28H33N3O4.